The van der Waals surface area contributed by atoms with E-state index in [0.717, 1.165) is 24.5 Å². The van der Waals surface area contributed by atoms with Crippen molar-refractivity contribution < 1.29 is 50.4 Å². The number of hydrogen-bond acceptors (Lipinski definition) is 6. The maximum absolute atomic E-state index is 7.91. The summed E-state index contributed by atoms with van der Waals surface area (Å²) in [5.41, 5.74) is 1.38. The van der Waals surface area contributed by atoms with Crippen LogP contribution in [0.25, 0.3) is 0 Å². The van der Waals surface area contributed by atoms with E-state index in [-0.39, 0.29) is 44.2 Å². The van der Waals surface area contributed by atoms with Gasteiger partial charge in [-0.15, -0.1) is 0 Å². The van der Waals surface area contributed by atoms with Gasteiger partial charge in [-0.25, -0.2) is 4.89 Å². The molecule has 1 fully saturated rings. The van der Waals surface area contributed by atoms with Crippen LogP contribution in [0, 0.1) is 5.92 Å². The number of hydrogen-bond donors (Lipinski definition) is 3. The predicted octanol–water partition coefficient (Wildman–Crippen LogP) is 0.329. The number of piperidine rings is 1. The Labute approximate surface area is 187 Å². The van der Waals surface area contributed by atoms with Crippen LogP contribution in [0.5, 0.6) is 0 Å². The molecule has 1 aromatic carbocycles. The number of nitrogens with one attached hydrogen (secondary N) is 1. The average molecular weight is 398 g/mol. The number of aliphatic hydroxyl groups excluding tert-OH is 2. The average Bonchev–Trinajstić information content (AvgIpc) is 2.65. The molecule has 1 aromatic rings. The molecule has 1 aliphatic heterocycles. The first kappa shape index (κ1) is 28.6. The van der Waals surface area contributed by atoms with E-state index < -0.39 is 0 Å². The van der Waals surface area contributed by atoms with Crippen LogP contribution in [0.15, 0.2) is 30.3 Å². The molecule has 3 N–H and O–H groups in total. The molecule has 5 nitrogen and oxygen atoms in total. The number of aliphatic hydroxyl groups is 2. The molecule has 0 amide bonds. The first-order valence-corrected chi connectivity index (χ1v) is 9.94. The zero-order valence-corrected chi connectivity index (χ0v) is 19.5. The zero-order chi connectivity index (χ0) is 18.6. The molecule has 0 saturated carbocycles. The summed E-state index contributed by atoms with van der Waals surface area (Å²) in [7, 11) is 1.52. The second kappa shape index (κ2) is 23.4. The van der Waals surface area contributed by atoms with Gasteiger partial charge in [0.25, 0.3) is 0 Å². The Morgan fingerprint density at radius 1 is 1.12 bits per heavy atom. The molecule has 2 rings (SSSR count). The quantitative estimate of drug-likeness (QED) is 0.193. The fourth-order valence-corrected chi connectivity index (χ4v) is 2.53. The standard InChI is InChI=1S/C10H14O2S.C6H13N.C3H8O2.Na.H/c1-11-12-13-9-5-8-10-6-3-2-4-7-10;1-6-2-4-7-5-3-6;4-2-1-3-5;;/h2-4,6-7H,5,8-9H2,1H3;6-7H,2-5H2,1H3;4-5H,1-3H2;;/q;;;+1;-1. The van der Waals surface area contributed by atoms with Crippen LogP contribution in [0.2, 0.25) is 0 Å². The summed E-state index contributed by atoms with van der Waals surface area (Å²) in [4.78, 5) is 4.46. The van der Waals surface area contributed by atoms with Gasteiger partial charge >= 0.3 is 29.6 Å². The van der Waals surface area contributed by atoms with E-state index in [2.05, 4.69) is 45.7 Å². The van der Waals surface area contributed by atoms with Gasteiger partial charge in [-0.2, -0.15) is 4.33 Å². The Morgan fingerprint density at radius 3 is 2.15 bits per heavy atom. The molecule has 0 unspecified atom stereocenters. The molecular formula is C19H36NNaO4S. The van der Waals surface area contributed by atoms with Gasteiger partial charge < -0.3 is 17.0 Å². The van der Waals surface area contributed by atoms with Gasteiger partial charge in [-0.05, 0) is 56.7 Å². The van der Waals surface area contributed by atoms with Crippen molar-refractivity contribution in [2.45, 2.75) is 39.0 Å². The van der Waals surface area contributed by atoms with E-state index >= 15 is 0 Å². The minimum atomic E-state index is 0. The topological polar surface area (TPSA) is 71.0 Å². The summed E-state index contributed by atoms with van der Waals surface area (Å²) >= 11 is 1.35. The van der Waals surface area contributed by atoms with Crippen molar-refractivity contribution in [3.63, 3.8) is 0 Å². The first-order chi connectivity index (χ1) is 12.2. The normalized spacial score (nSPS) is 13.5. The minimum absolute atomic E-state index is 0. The Morgan fingerprint density at radius 2 is 1.73 bits per heavy atom. The van der Waals surface area contributed by atoms with Crippen LogP contribution in [-0.4, -0.2) is 49.4 Å². The molecule has 0 radical (unpaired) electrons. The summed E-state index contributed by atoms with van der Waals surface area (Å²) in [6.45, 7) is 4.98. The molecule has 0 aromatic heterocycles. The Kier molecular flexibility index (Phi) is 25.7. The molecule has 7 heteroatoms. The maximum Gasteiger partial charge on any atom is 1.00 e. The monoisotopic (exact) mass is 397 g/mol. The van der Waals surface area contributed by atoms with Crippen LogP contribution in [-0.2, 0) is 15.6 Å². The summed E-state index contributed by atoms with van der Waals surface area (Å²) in [5, 5.41) is 19.1. The summed E-state index contributed by atoms with van der Waals surface area (Å²) < 4.78 is 4.69. The van der Waals surface area contributed by atoms with E-state index in [9.17, 15) is 0 Å². The van der Waals surface area contributed by atoms with Crippen LogP contribution in [0.1, 0.15) is 39.6 Å². The third kappa shape index (κ3) is 20.7. The van der Waals surface area contributed by atoms with E-state index in [1.807, 2.05) is 6.07 Å². The van der Waals surface area contributed by atoms with Crippen LogP contribution in [0.4, 0.5) is 0 Å². The van der Waals surface area contributed by atoms with Crippen molar-refractivity contribution in [2.75, 3.05) is 39.2 Å². The molecule has 0 spiro atoms. The van der Waals surface area contributed by atoms with E-state index in [4.69, 9.17) is 10.2 Å². The molecule has 0 bridgehead atoms. The predicted molar refractivity (Wildman–Crippen MR) is 106 cm³/mol. The van der Waals surface area contributed by atoms with E-state index in [1.54, 1.807) is 0 Å². The van der Waals surface area contributed by atoms with Crippen LogP contribution >= 0.6 is 12.0 Å². The molecule has 0 aliphatic carbocycles. The fourth-order valence-electron chi connectivity index (χ4n) is 2.10. The van der Waals surface area contributed by atoms with Crippen molar-refractivity contribution >= 4 is 12.0 Å². The van der Waals surface area contributed by atoms with Gasteiger partial charge in [0.05, 0.1) is 7.11 Å². The maximum atomic E-state index is 7.91. The number of aryl methyl sites for hydroxylation is 1. The van der Waals surface area contributed by atoms with Crippen molar-refractivity contribution in [1.29, 1.82) is 0 Å². The molecule has 26 heavy (non-hydrogen) atoms. The molecule has 148 valence electrons. The SMILES string of the molecule is CC1CCNCC1.COOSCCCc1ccccc1.OCCCO.[H-].[Na+]. The summed E-state index contributed by atoms with van der Waals surface area (Å²) in [6, 6.07) is 10.4. The molecule has 1 aliphatic rings. The number of rotatable bonds is 8. The van der Waals surface area contributed by atoms with Gasteiger partial charge in [0.15, 0.2) is 0 Å². The Balaban J connectivity index is -0.000000350. The zero-order valence-electron chi connectivity index (χ0n) is 17.7. The fraction of sp³-hybridized carbons (Fsp3) is 0.684. The van der Waals surface area contributed by atoms with Gasteiger partial charge in [-0.1, -0.05) is 37.3 Å². The minimum Gasteiger partial charge on any atom is -1.00 e. The van der Waals surface area contributed by atoms with Gasteiger partial charge in [0, 0.05) is 31.0 Å². The van der Waals surface area contributed by atoms with Crippen molar-refractivity contribution in [3.05, 3.63) is 35.9 Å². The van der Waals surface area contributed by atoms with Gasteiger partial charge in [0.2, 0.25) is 0 Å². The first-order valence-electron chi connectivity index (χ1n) is 9.03. The largest absolute Gasteiger partial charge is 1.00 e. The summed E-state index contributed by atoms with van der Waals surface area (Å²) in [5.74, 6) is 1.93. The molecule has 1 saturated heterocycles. The van der Waals surface area contributed by atoms with Crippen molar-refractivity contribution in [1.82, 2.24) is 5.32 Å². The Hall–Kier alpha value is 0.370. The summed E-state index contributed by atoms with van der Waals surface area (Å²) in [6.07, 6.45) is 5.46. The number of benzene rings is 1. The van der Waals surface area contributed by atoms with E-state index in [1.165, 1.54) is 50.6 Å². The van der Waals surface area contributed by atoms with Crippen LogP contribution < -0.4 is 34.9 Å². The second-order valence-corrected chi connectivity index (χ2v) is 6.66. The van der Waals surface area contributed by atoms with E-state index in [0.29, 0.717) is 6.42 Å². The third-order valence-electron chi connectivity index (χ3n) is 3.60. The second-order valence-electron chi connectivity index (χ2n) is 5.88. The van der Waals surface area contributed by atoms with Crippen LogP contribution in [0.3, 0.4) is 0 Å². The van der Waals surface area contributed by atoms with Gasteiger partial charge in [-0.3, -0.25) is 0 Å². The molecule has 1 heterocycles. The smallest absolute Gasteiger partial charge is 1.00 e. The van der Waals surface area contributed by atoms with Crippen molar-refractivity contribution in [2.24, 2.45) is 5.92 Å². The van der Waals surface area contributed by atoms with Crippen molar-refractivity contribution in [3.8, 4) is 0 Å². The van der Waals surface area contributed by atoms with Gasteiger partial charge in [0.1, 0.15) is 0 Å². The molecular weight excluding hydrogens is 361 g/mol. The molecule has 0 atom stereocenters. The third-order valence-corrected chi connectivity index (χ3v) is 4.28. The Bertz CT molecular complexity index is 372.